The molecule has 0 aromatic carbocycles. The van der Waals surface area contributed by atoms with E-state index in [9.17, 15) is 0 Å². The van der Waals surface area contributed by atoms with Gasteiger partial charge in [-0.15, -0.1) is 11.3 Å². The molecule has 1 aromatic rings. The molecule has 1 fully saturated rings. The Morgan fingerprint density at radius 1 is 1.56 bits per heavy atom. The zero-order chi connectivity index (χ0) is 11.5. The molecule has 1 aromatic heterocycles. The lowest BCUT2D eigenvalue weighted by Gasteiger charge is -2.23. The Hall–Kier alpha value is -0.410. The van der Waals surface area contributed by atoms with Gasteiger partial charge in [-0.3, -0.25) is 0 Å². The van der Waals surface area contributed by atoms with Crippen molar-refractivity contribution in [1.82, 2.24) is 10.3 Å². The fourth-order valence-electron chi connectivity index (χ4n) is 2.71. The van der Waals surface area contributed by atoms with E-state index in [4.69, 9.17) is 0 Å². The molecule has 1 heterocycles. The molecule has 1 aliphatic rings. The highest BCUT2D eigenvalue weighted by molar-refractivity contribution is 7.09. The summed E-state index contributed by atoms with van der Waals surface area (Å²) in [5.41, 5.74) is 1.15. The van der Waals surface area contributed by atoms with Crippen molar-refractivity contribution < 1.29 is 0 Å². The first-order valence-electron chi connectivity index (χ1n) is 6.38. The summed E-state index contributed by atoms with van der Waals surface area (Å²) in [6.45, 7) is 6.61. The number of aromatic nitrogens is 1. The Bertz CT molecular complexity index is 334. The molecule has 2 rings (SSSR count). The summed E-state index contributed by atoms with van der Waals surface area (Å²) >= 11 is 1.78. The van der Waals surface area contributed by atoms with Crippen LogP contribution in [0.4, 0.5) is 0 Å². The molecule has 0 radical (unpaired) electrons. The Labute approximate surface area is 102 Å². The highest BCUT2D eigenvalue weighted by Gasteiger charge is 2.27. The van der Waals surface area contributed by atoms with E-state index in [1.807, 2.05) is 0 Å². The van der Waals surface area contributed by atoms with E-state index in [0.717, 1.165) is 11.6 Å². The number of hydrogen-bond donors (Lipinski definition) is 1. The minimum atomic E-state index is 0.413. The van der Waals surface area contributed by atoms with Crippen LogP contribution < -0.4 is 5.32 Å². The molecule has 0 spiro atoms. The molecule has 0 amide bonds. The quantitative estimate of drug-likeness (QED) is 0.865. The lowest BCUT2D eigenvalue weighted by Crippen LogP contribution is -2.34. The second-order valence-electron chi connectivity index (χ2n) is 4.92. The van der Waals surface area contributed by atoms with E-state index < -0.39 is 0 Å². The van der Waals surface area contributed by atoms with Crippen molar-refractivity contribution in [1.29, 1.82) is 0 Å². The number of thiazole rings is 1. The van der Waals surface area contributed by atoms with Crippen molar-refractivity contribution >= 4 is 11.3 Å². The smallest absolute Gasteiger partial charge is 0.110 e. The van der Waals surface area contributed by atoms with Crippen LogP contribution in [0.1, 0.15) is 56.3 Å². The van der Waals surface area contributed by atoms with Crippen molar-refractivity contribution in [3.8, 4) is 0 Å². The summed E-state index contributed by atoms with van der Waals surface area (Å²) < 4.78 is 0. The molecule has 90 valence electrons. The topological polar surface area (TPSA) is 24.9 Å². The summed E-state index contributed by atoms with van der Waals surface area (Å²) in [5, 5.41) is 7.13. The van der Waals surface area contributed by atoms with Crippen LogP contribution in [0, 0.1) is 12.8 Å². The second kappa shape index (κ2) is 5.28. The molecule has 3 unspecified atom stereocenters. The fourth-order valence-corrected chi connectivity index (χ4v) is 3.52. The molecule has 0 saturated heterocycles. The molecular weight excluding hydrogens is 216 g/mol. The van der Waals surface area contributed by atoms with Crippen LogP contribution in [0.25, 0.3) is 0 Å². The van der Waals surface area contributed by atoms with Crippen LogP contribution in [0.2, 0.25) is 0 Å². The Balaban J connectivity index is 1.94. The summed E-state index contributed by atoms with van der Waals surface area (Å²) in [5.74, 6) is 0.878. The zero-order valence-corrected chi connectivity index (χ0v) is 11.3. The molecule has 3 atom stereocenters. The predicted octanol–water partition coefficient (Wildman–Crippen LogP) is 3.68. The molecule has 1 saturated carbocycles. The highest BCUT2D eigenvalue weighted by Crippen LogP contribution is 2.30. The molecular formula is C13H22N2S. The van der Waals surface area contributed by atoms with Gasteiger partial charge < -0.3 is 5.32 Å². The van der Waals surface area contributed by atoms with Gasteiger partial charge in [0.25, 0.3) is 0 Å². The Kier molecular flexibility index (Phi) is 3.98. The second-order valence-corrected chi connectivity index (χ2v) is 5.81. The van der Waals surface area contributed by atoms with Gasteiger partial charge in [0, 0.05) is 17.1 Å². The summed E-state index contributed by atoms with van der Waals surface area (Å²) in [7, 11) is 0. The molecule has 1 aliphatic carbocycles. The van der Waals surface area contributed by atoms with E-state index in [2.05, 4.69) is 36.5 Å². The van der Waals surface area contributed by atoms with Gasteiger partial charge in [0.2, 0.25) is 0 Å². The van der Waals surface area contributed by atoms with E-state index in [1.54, 1.807) is 11.3 Å². The number of rotatable bonds is 4. The van der Waals surface area contributed by atoms with Crippen molar-refractivity contribution in [2.75, 3.05) is 0 Å². The van der Waals surface area contributed by atoms with Gasteiger partial charge in [-0.25, -0.2) is 4.98 Å². The van der Waals surface area contributed by atoms with Gasteiger partial charge >= 0.3 is 0 Å². The van der Waals surface area contributed by atoms with Crippen LogP contribution in [-0.4, -0.2) is 11.0 Å². The minimum Gasteiger partial charge on any atom is -0.305 e. The van der Waals surface area contributed by atoms with Gasteiger partial charge in [-0.05, 0) is 32.6 Å². The van der Waals surface area contributed by atoms with Crippen molar-refractivity contribution in [2.24, 2.45) is 5.92 Å². The number of nitrogens with one attached hydrogen (secondary N) is 1. The lowest BCUT2D eigenvalue weighted by molar-refractivity contribution is 0.359. The molecule has 16 heavy (non-hydrogen) atoms. The normalized spacial score (nSPS) is 27.2. The Morgan fingerprint density at radius 2 is 2.38 bits per heavy atom. The maximum Gasteiger partial charge on any atom is 0.110 e. The van der Waals surface area contributed by atoms with Gasteiger partial charge in [-0.1, -0.05) is 19.8 Å². The van der Waals surface area contributed by atoms with E-state index in [1.165, 1.54) is 30.7 Å². The molecule has 0 bridgehead atoms. The first kappa shape index (κ1) is 12.1. The van der Waals surface area contributed by atoms with Crippen LogP contribution in [0.3, 0.4) is 0 Å². The minimum absolute atomic E-state index is 0.413. The number of nitrogens with zero attached hydrogens (tertiary/aromatic N) is 1. The molecule has 3 heteroatoms. The third-order valence-corrected chi connectivity index (χ3v) is 4.80. The van der Waals surface area contributed by atoms with Gasteiger partial charge in [-0.2, -0.15) is 0 Å². The maximum atomic E-state index is 4.56. The fraction of sp³-hybridized carbons (Fsp3) is 0.769. The van der Waals surface area contributed by atoms with Crippen LogP contribution in [0.5, 0.6) is 0 Å². The van der Waals surface area contributed by atoms with Crippen molar-refractivity contribution in [3.05, 3.63) is 16.1 Å². The lowest BCUT2D eigenvalue weighted by atomic mass is 10.00. The predicted molar refractivity (Wildman–Crippen MR) is 69.8 cm³/mol. The van der Waals surface area contributed by atoms with Gasteiger partial charge in [0.05, 0.1) is 6.04 Å². The monoisotopic (exact) mass is 238 g/mol. The Morgan fingerprint density at radius 3 is 3.00 bits per heavy atom. The maximum absolute atomic E-state index is 4.56. The van der Waals surface area contributed by atoms with E-state index in [0.29, 0.717) is 12.1 Å². The summed E-state index contributed by atoms with van der Waals surface area (Å²) in [4.78, 5) is 4.56. The molecule has 0 aliphatic heterocycles. The zero-order valence-electron chi connectivity index (χ0n) is 10.5. The third kappa shape index (κ3) is 2.64. The van der Waals surface area contributed by atoms with Gasteiger partial charge in [0.1, 0.15) is 5.01 Å². The summed E-state index contributed by atoms with van der Waals surface area (Å²) in [6, 6.07) is 1.13. The van der Waals surface area contributed by atoms with E-state index in [-0.39, 0.29) is 0 Å². The number of hydrogen-bond acceptors (Lipinski definition) is 3. The van der Waals surface area contributed by atoms with Crippen molar-refractivity contribution in [3.63, 3.8) is 0 Å². The average molecular weight is 238 g/mol. The largest absolute Gasteiger partial charge is 0.305 e. The number of aryl methyl sites for hydroxylation is 1. The summed E-state index contributed by atoms with van der Waals surface area (Å²) in [6.07, 6.45) is 5.44. The first-order chi connectivity index (χ1) is 7.70. The SMILES string of the molecule is CCC1CCCC1NC(C)c1nc(C)cs1. The first-order valence-corrected chi connectivity index (χ1v) is 7.26. The average Bonchev–Trinajstić information content (AvgIpc) is 2.86. The van der Waals surface area contributed by atoms with Crippen molar-refractivity contribution in [2.45, 2.75) is 58.5 Å². The van der Waals surface area contributed by atoms with Gasteiger partial charge in [0.15, 0.2) is 0 Å². The molecule has 2 nitrogen and oxygen atoms in total. The van der Waals surface area contributed by atoms with Crippen LogP contribution in [-0.2, 0) is 0 Å². The van der Waals surface area contributed by atoms with Crippen LogP contribution >= 0.6 is 11.3 Å². The van der Waals surface area contributed by atoms with Crippen LogP contribution in [0.15, 0.2) is 5.38 Å². The van der Waals surface area contributed by atoms with E-state index >= 15 is 0 Å². The third-order valence-electron chi connectivity index (χ3n) is 3.65. The standard InChI is InChI=1S/C13H22N2S/c1-4-11-6-5-7-12(11)15-10(3)13-14-9(2)8-16-13/h8,10-12,15H,4-7H2,1-3H3. The highest BCUT2D eigenvalue weighted by atomic mass is 32.1. The molecule has 1 N–H and O–H groups in total.